The first-order chi connectivity index (χ1) is 59.7. The predicted octanol–water partition coefficient (Wildman–Crippen LogP) is 24.2. The molecule has 724 valence electrons. The maximum Gasteiger partial charge on any atom is 1.00 e. The predicted molar refractivity (Wildman–Crippen MR) is 498 cm³/mol. The number of rotatable bonds is 76. The van der Waals surface area contributed by atoms with Crippen LogP contribution in [0.4, 0.5) is 26.3 Å². The van der Waals surface area contributed by atoms with Crippen molar-refractivity contribution in [1.82, 2.24) is 18.3 Å². The summed E-state index contributed by atoms with van der Waals surface area (Å²) in [5, 5.41) is -12.6. The van der Waals surface area contributed by atoms with Crippen LogP contribution in [-0.4, -0.2) is 79.9 Å². The molecule has 0 aromatic carbocycles. The van der Waals surface area contributed by atoms with E-state index in [0.29, 0.717) is 0 Å². The van der Waals surface area contributed by atoms with Crippen LogP contribution in [0.5, 0.6) is 0 Å². The molecule has 4 aromatic heterocycles. The first-order valence-corrected chi connectivity index (χ1v) is 56.6. The van der Waals surface area contributed by atoms with E-state index >= 15 is 0 Å². The summed E-state index contributed by atoms with van der Waals surface area (Å²) in [5.41, 5.74) is 0. The van der Waals surface area contributed by atoms with Crippen LogP contribution in [0.3, 0.4) is 0 Å². The monoisotopic (exact) mass is 1880 g/mol. The number of unbranched alkanes of at least 4 members (excludes halogenated alkanes) is 60. The second kappa shape index (κ2) is 74.2. The minimum Gasteiger partial charge on any atom is -0.436 e. The van der Waals surface area contributed by atoms with Crippen LogP contribution < -0.4 is 69.7 Å². The minimum atomic E-state index is -6.60. The molecule has 2 aliphatic heterocycles. The molecular weight excluding hydrogens is 1700 g/mol. The Bertz CT molecular complexity index is 3280. The zero-order valence-corrected chi connectivity index (χ0v) is 85.9. The first-order valence-electron chi connectivity index (χ1n) is 50.5. The number of hydrogen-bond acceptors (Lipinski definition) is 8. The summed E-state index contributed by atoms with van der Waals surface area (Å²) in [6.07, 6.45) is 122. The molecule has 2 saturated heterocycles. The standard InChI is InChI=1S/2C45H86N4.C3F6NO4S2.C3H6NO4S2.K/c2*1-3-5-7-9-11-13-15-17-19-21-23-25-27-29-31-33-36-46-40-42-48(44-46)38-35-39-49-43-41-47(45-49)37-34-32-30-28-26-24-22-20-18-16-14-12-10-8-6-4-2;4-1(5)2(6,7)15(11,12)10-16(13,14)3(1,8)9;5-9(6)2-1-3-10(7,8)4-9;/h2*40-45H,3-39H2,1-2H3;;1-3H2;/q2*+2;2*-1;+1. The molecule has 0 aliphatic carbocycles. The van der Waals surface area contributed by atoms with Crippen molar-refractivity contribution >= 4 is 40.1 Å². The van der Waals surface area contributed by atoms with Gasteiger partial charge in [-0.05, 0) is 57.8 Å². The fourth-order valence-electron chi connectivity index (χ4n) is 16.4. The Morgan fingerprint density at radius 1 is 0.248 bits per heavy atom. The van der Waals surface area contributed by atoms with Crippen LogP contribution in [0.25, 0.3) is 8.25 Å². The molecule has 0 N–H and O–H groups in total. The van der Waals surface area contributed by atoms with Gasteiger partial charge < -0.3 is 8.25 Å². The molecule has 0 saturated carbocycles. The van der Waals surface area contributed by atoms with Crippen LogP contribution in [0.15, 0.2) is 74.9 Å². The average Bonchev–Trinajstić information content (AvgIpc) is 0.956. The SMILES string of the molecule is CCCCCCCCCCCCCCCCCCn1cc[n+](CCC[n+]2ccn(CCCCCCCCCCCCCCCCCC)c2)c1.CCCCCCCCCCCCCCCCCCn1cc[n+](CCC[n+]2ccn(CCCCCCCCCCCCCCCCCC)c2)c1.O=S1(=O)CCCS(=O)(=O)[N-]1.O=S1(=O)[N-]S(=O)(=O)C(F)(F)C(F)(F)C1(F)F.[K+]. The van der Waals surface area contributed by atoms with Crippen molar-refractivity contribution in [3.63, 3.8) is 0 Å². The zero-order valence-electron chi connectivity index (χ0n) is 79.5. The van der Waals surface area contributed by atoms with Gasteiger partial charge in [0.2, 0.25) is 25.3 Å². The molecule has 29 heteroatoms. The number of aromatic nitrogens is 8. The number of imidazole rings is 4. The van der Waals surface area contributed by atoms with E-state index in [0.717, 1.165) is 30.3 Å². The third-order valence-corrected chi connectivity index (χ3v) is 31.1. The van der Waals surface area contributed by atoms with Crippen LogP contribution in [-0.2, 0) is 92.5 Å². The van der Waals surface area contributed by atoms with Crippen molar-refractivity contribution < 1.29 is 130 Å². The fraction of sp³-hybridized carbons (Fsp3) is 0.875. The van der Waals surface area contributed by atoms with E-state index in [1.807, 2.05) is 0 Å². The van der Waals surface area contributed by atoms with Gasteiger partial charge in [0.1, 0.15) is 49.6 Å². The maximum atomic E-state index is 12.4. The topological polar surface area (TPSA) is 200 Å². The third kappa shape index (κ3) is 57.9. The van der Waals surface area contributed by atoms with Gasteiger partial charge in [-0.15, -0.1) is 0 Å². The molecule has 18 nitrogen and oxygen atoms in total. The van der Waals surface area contributed by atoms with Gasteiger partial charge in [0.15, 0.2) is 20.0 Å². The molecule has 0 radical (unpaired) electrons. The van der Waals surface area contributed by atoms with Crippen LogP contribution in [0.1, 0.15) is 458 Å². The van der Waals surface area contributed by atoms with Crippen LogP contribution in [0.2, 0.25) is 0 Å². The Balaban J connectivity index is 0.000000651. The number of hydrogen-bond donors (Lipinski definition) is 0. The van der Waals surface area contributed by atoms with Gasteiger partial charge in [-0.2, -0.15) is 26.3 Å². The fourth-order valence-corrected chi connectivity index (χ4v) is 22.4. The Morgan fingerprint density at radius 3 is 0.560 bits per heavy atom. The summed E-state index contributed by atoms with van der Waals surface area (Å²) in [6, 6.07) is 0. The van der Waals surface area contributed by atoms with Crippen molar-refractivity contribution in [3.05, 3.63) is 83.1 Å². The molecule has 0 amide bonds. The zero-order chi connectivity index (χ0) is 90.5. The third-order valence-electron chi connectivity index (χ3n) is 24.3. The normalized spacial score (nSPS) is 15.7. The molecule has 0 atom stereocenters. The summed E-state index contributed by atoms with van der Waals surface area (Å²) in [4.78, 5) is 0. The van der Waals surface area contributed by atoms with E-state index < -0.39 is 56.5 Å². The number of alkyl halides is 6. The molecule has 6 heterocycles. The summed E-state index contributed by atoms with van der Waals surface area (Å²) < 4.78 is 181. The van der Waals surface area contributed by atoms with Crippen LogP contribution in [0, 0.1) is 0 Å². The molecule has 2 fully saturated rings. The second-order valence-electron chi connectivity index (χ2n) is 36.1. The molecule has 4 aromatic rings. The van der Waals surface area contributed by atoms with Gasteiger partial charge >= 0.3 is 67.8 Å². The molecule has 0 bridgehead atoms. The van der Waals surface area contributed by atoms with Gasteiger partial charge in [-0.1, -0.05) is 387 Å². The minimum absolute atomic E-state index is 0. The Kier molecular flexibility index (Phi) is 70.5. The van der Waals surface area contributed by atoms with Crippen molar-refractivity contribution in [1.29, 1.82) is 0 Å². The average molecular weight is 1880 g/mol. The molecule has 0 spiro atoms. The quantitative estimate of drug-likeness (QED) is 0.0180. The first kappa shape index (κ1) is 119. The van der Waals surface area contributed by atoms with Gasteiger partial charge in [0, 0.05) is 24.3 Å². The maximum absolute atomic E-state index is 12.4. The van der Waals surface area contributed by atoms with Crippen molar-refractivity contribution in [2.45, 2.75) is 527 Å². The van der Waals surface area contributed by atoms with Gasteiger partial charge in [-0.25, -0.2) is 70.2 Å². The van der Waals surface area contributed by atoms with E-state index in [4.69, 9.17) is 0 Å². The summed E-state index contributed by atoms with van der Waals surface area (Å²) in [5.74, 6) is -6.89. The van der Waals surface area contributed by atoms with Crippen LogP contribution >= 0.6 is 0 Å². The summed E-state index contributed by atoms with van der Waals surface area (Å²) in [6.45, 7) is 18.3. The Labute approximate surface area is 802 Å². The molecular formula is C96H178F6KN10O8S4+3. The summed E-state index contributed by atoms with van der Waals surface area (Å²) in [7, 11) is -20.5. The van der Waals surface area contributed by atoms with E-state index in [2.05, 4.69) is 143 Å². The van der Waals surface area contributed by atoms with Gasteiger partial charge in [-0.3, -0.25) is 0 Å². The van der Waals surface area contributed by atoms with Crippen molar-refractivity contribution in [2.24, 2.45) is 0 Å². The van der Waals surface area contributed by atoms with E-state index in [-0.39, 0.29) is 69.3 Å². The Morgan fingerprint density at radius 2 is 0.408 bits per heavy atom. The number of aryl methyl sites for hydroxylation is 8. The van der Waals surface area contributed by atoms with Crippen molar-refractivity contribution in [2.75, 3.05) is 11.5 Å². The second-order valence-corrected chi connectivity index (χ2v) is 43.4. The van der Waals surface area contributed by atoms with E-state index in [9.17, 15) is 60.0 Å². The molecule has 125 heavy (non-hydrogen) atoms. The largest absolute Gasteiger partial charge is 1.00 e. The van der Waals surface area contributed by atoms with E-state index in [1.165, 1.54) is 450 Å². The number of nitrogens with zero attached hydrogens (tertiary/aromatic N) is 10. The molecule has 6 rings (SSSR count). The Hall–Kier alpha value is -2.22. The smallest absolute Gasteiger partial charge is 0.436 e. The van der Waals surface area contributed by atoms with E-state index in [1.54, 1.807) is 0 Å². The molecule has 0 unspecified atom stereocenters. The van der Waals surface area contributed by atoms with Crippen molar-refractivity contribution in [3.8, 4) is 0 Å². The molecule has 2 aliphatic rings. The summed E-state index contributed by atoms with van der Waals surface area (Å²) >= 11 is 0. The van der Waals surface area contributed by atoms with Gasteiger partial charge in [0.25, 0.3) is 0 Å². The number of halogens is 6. The van der Waals surface area contributed by atoms with Gasteiger partial charge in [0.05, 0.1) is 72.4 Å². The number of sulfonamides is 4.